The predicted octanol–water partition coefficient (Wildman–Crippen LogP) is 3.17. The minimum Gasteiger partial charge on any atom is -0.454 e. The fourth-order valence-corrected chi connectivity index (χ4v) is 1.84. The van der Waals surface area contributed by atoms with Crippen LogP contribution in [0.5, 0.6) is 0 Å². The number of esters is 1. The van der Waals surface area contributed by atoms with Gasteiger partial charge >= 0.3 is 5.97 Å². The highest BCUT2D eigenvalue weighted by Crippen LogP contribution is 2.14. The van der Waals surface area contributed by atoms with E-state index in [2.05, 4.69) is 0 Å². The molecule has 0 unspecified atom stereocenters. The summed E-state index contributed by atoms with van der Waals surface area (Å²) in [5.41, 5.74) is 0.440. The van der Waals surface area contributed by atoms with E-state index in [4.69, 9.17) is 4.74 Å². The summed E-state index contributed by atoms with van der Waals surface area (Å²) in [6.07, 6.45) is 2.39. The molecule has 122 valence electrons. The summed E-state index contributed by atoms with van der Waals surface area (Å²) < 4.78 is 17.8. The minimum absolute atomic E-state index is 0.102. The monoisotopic (exact) mass is 329 g/mol. The fraction of sp³-hybridized carbons (Fsp3) is 0.0588. The lowest BCUT2D eigenvalue weighted by atomic mass is 10.1. The molecule has 0 bridgehead atoms. The van der Waals surface area contributed by atoms with Crippen molar-refractivity contribution in [2.24, 2.45) is 0 Å². The molecule has 0 aliphatic heterocycles. The van der Waals surface area contributed by atoms with Crippen LogP contribution < -0.4 is 0 Å². The van der Waals surface area contributed by atoms with Gasteiger partial charge in [-0.05, 0) is 23.8 Å². The zero-order valence-electron chi connectivity index (χ0n) is 12.3. The molecule has 2 aromatic rings. The van der Waals surface area contributed by atoms with Gasteiger partial charge in [-0.2, -0.15) is 0 Å². The number of carbonyl (C=O) groups is 2. The highest BCUT2D eigenvalue weighted by atomic mass is 19.1. The van der Waals surface area contributed by atoms with E-state index >= 15 is 0 Å². The molecule has 0 fully saturated rings. The normalized spacial score (nSPS) is 10.5. The number of nitro groups is 1. The Hall–Kier alpha value is -3.35. The van der Waals surface area contributed by atoms with Crippen LogP contribution in [-0.2, 0) is 9.53 Å². The van der Waals surface area contributed by atoms with Crippen LogP contribution in [0.3, 0.4) is 0 Å². The maximum absolute atomic E-state index is 13.0. The van der Waals surface area contributed by atoms with Gasteiger partial charge < -0.3 is 4.74 Å². The van der Waals surface area contributed by atoms with Gasteiger partial charge in [0, 0.05) is 23.8 Å². The minimum atomic E-state index is -0.786. The molecule has 24 heavy (non-hydrogen) atoms. The van der Waals surface area contributed by atoms with Gasteiger partial charge in [0.15, 0.2) is 12.4 Å². The molecule has 6 nitrogen and oxygen atoms in total. The summed E-state index contributed by atoms with van der Waals surface area (Å²) in [6.45, 7) is -0.526. The Morgan fingerprint density at radius 2 is 1.92 bits per heavy atom. The summed E-state index contributed by atoms with van der Waals surface area (Å²) >= 11 is 0. The molecular weight excluding hydrogens is 317 g/mol. The van der Waals surface area contributed by atoms with Crippen molar-refractivity contribution in [2.75, 3.05) is 6.61 Å². The summed E-state index contributed by atoms with van der Waals surface area (Å²) in [7, 11) is 0. The van der Waals surface area contributed by atoms with Gasteiger partial charge in [-0.25, -0.2) is 9.18 Å². The Bertz CT molecular complexity index is 816. The van der Waals surface area contributed by atoms with Crippen LogP contribution in [0.1, 0.15) is 15.9 Å². The standard InChI is InChI=1S/C17H12FNO5/c18-14-5-2-4-13(10-14)16(20)11-24-17(21)8-7-12-3-1-6-15(9-12)19(22)23/h1-10H,11H2/b8-7+. The molecule has 2 aromatic carbocycles. The number of halogens is 1. The van der Waals surface area contributed by atoms with Gasteiger partial charge in [0.05, 0.1) is 4.92 Å². The maximum Gasteiger partial charge on any atom is 0.331 e. The number of hydrogen-bond donors (Lipinski definition) is 0. The highest BCUT2D eigenvalue weighted by molar-refractivity contribution is 5.98. The average Bonchev–Trinajstić information content (AvgIpc) is 2.58. The first kappa shape index (κ1) is 17.0. The van der Waals surface area contributed by atoms with Crippen LogP contribution in [0.2, 0.25) is 0 Å². The third-order valence-corrected chi connectivity index (χ3v) is 2.99. The molecule has 0 aliphatic carbocycles. The van der Waals surface area contributed by atoms with Crippen molar-refractivity contribution in [1.82, 2.24) is 0 Å². The molecule has 7 heteroatoms. The number of non-ortho nitro benzene ring substituents is 1. The van der Waals surface area contributed by atoms with Crippen molar-refractivity contribution in [3.8, 4) is 0 Å². The molecule has 0 aliphatic rings. The topological polar surface area (TPSA) is 86.5 Å². The fourth-order valence-electron chi connectivity index (χ4n) is 1.84. The van der Waals surface area contributed by atoms with E-state index in [1.807, 2.05) is 0 Å². The number of nitro benzene ring substituents is 1. The van der Waals surface area contributed by atoms with Crippen molar-refractivity contribution in [3.63, 3.8) is 0 Å². The number of benzene rings is 2. The molecule has 2 rings (SSSR count). The van der Waals surface area contributed by atoms with Gasteiger partial charge in [-0.1, -0.05) is 24.3 Å². The second-order valence-corrected chi connectivity index (χ2v) is 4.73. The molecule has 0 amide bonds. The molecular formula is C17H12FNO5. The molecule has 0 saturated heterocycles. The van der Waals surface area contributed by atoms with Crippen molar-refractivity contribution in [3.05, 3.63) is 81.7 Å². The van der Waals surface area contributed by atoms with Crippen LogP contribution in [-0.4, -0.2) is 23.3 Å². The zero-order chi connectivity index (χ0) is 17.5. The number of nitrogens with zero attached hydrogens (tertiary/aromatic N) is 1. The second-order valence-electron chi connectivity index (χ2n) is 4.73. The molecule has 0 radical (unpaired) electrons. The quantitative estimate of drug-likeness (QED) is 0.267. The van der Waals surface area contributed by atoms with Crippen molar-refractivity contribution >= 4 is 23.5 Å². The van der Waals surface area contributed by atoms with Crippen LogP contribution in [0.4, 0.5) is 10.1 Å². The summed E-state index contributed by atoms with van der Waals surface area (Å²) in [4.78, 5) is 33.4. The lowest BCUT2D eigenvalue weighted by molar-refractivity contribution is -0.384. The van der Waals surface area contributed by atoms with Gasteiger partial charge in [0.1, 0.15) is 5.82 Å². The summed E-state index contributed by atoms with van der Waals surface area (Å²) in [5.74, 6) is -1.88. The van der Waals surface area contributed by atoms with E-state index in [1.165, 1.54) is 42.5 Å². The second kappa shape index (κ2) is 7.77. The third kappa shape index (κ3) is 4.84. The van der Waals surface area contributed by atoms with E-state index in [0.29, 0.717) is 5.56 Å². The number of hydrogen-bond acceptors (Lipinski definition) is 5. The Morgan fingerprint density at radius 1 is 1.17 bits per heavy atom. The molecule has 0 aromatic heterocycles. The summed E-state index contributed by atoms with van der Waals surface area (Å²) in [5, 5.41) is 10.7. The van der Waals surface area contributed by atoms with Gasteiger partial charge in [-0.3, -0.25) is 14.9 Å². The number of carbonyl (C=O) groups excluding carboxylic acids is 2. The maximum atomic E-state index is 13.0. The molecule has 0 spiro atoms. The van der Waals surface area contributed by atoms with E-state index in [1.54, 1.807) is 6.07 Å². The molecule has 0 heterocycles. The highest BCUT2D eigenvalue weighted by Gasteiger charge is 2.09. The zero-order valence-corrected chi connectivity index (χ0v) is 12.3. The molecule has 0 saturated carbocycles. The third-order valence-electron chi connectivity index (χ3n) is 2.99. The Morgan fingerprint density at radius 3 is 2.62 bits per heavy atom. The van der Waals surface area contributed by atoms with Gasteiger partial charge in [-0.15, -0.1) is 0 Å². The number of ether oxygens (including phenoxy) is 1. The van der Waals surface area contributed by atoms with Gasteiger partial charge in [0.25, 0.3) is 5.69 Å². The van der Waals surface area contributed by atoms with Crippen LogP contribution in [0.25, 0.3) is 6.08 Å². The van der Waals surface area contributed by atoms with Crippen LogP contribution in [0.15, 0.2) is 54.6 Å². The van der Waals surface area contributed by atoms with E-state index in [-0.39, 0.29) is 11.3 Å². The van der Waals surface area contributed by atoms with E-state index < -0.39 is 29.1 Å². The Labute approximate surface area is 136 Å². The largest absolute Gasteiger partial charge is 0.454 e. The lowest BCUT2D eigenvalue weighted by Crippen LogP contribution is -2.12. The average molecular weight is 329 g/mol. The Kier molecular flexibility index (Phi) is 5.51. The van der Waals surface area contributed by atoms with Gasteiger partial charge in [0.2, 0.25) is 0 Å². The summed E-state index contributed by atoms with van der Waals surface area (Å²) in [6, 6.07) is 10.7. The first-order valence-electron chi connectivity index (χ1n) is 6.84. The predicted molar refractivity (Wildman–Crippen MR) is 83.8 cm³/mol. The first-order valence-corrected chi connectivity index (χ1v) is 6.84. The SMILES string of the molecule is O=C(/C=C/c1cccc([N+](=O)[O-])c1)OCC(=O)c1cccc(F)c1. The number of Topliss-reactive ketones (excluding diaryl/α,β-unsaturated/α-hetero) is 1. The number of ketones is 1. The number of rotatable bonds is 6. The Balaban J connectivity index is 1.92. The van der Waals surface area contributed by atoms with Crippen molar-refractivity contribution < 1.29 is 23.6 Å². The van der Waals surface area contributed by atoms with Crippen LogP contribution >= 0.6 is 0 Å². The van der Waals surface area contributed by atoms with Crippen molar-refractivity contribution in [2.45, 2.75) is 0 Å². The lowest BCUT2D eigenvalue weighted by Gasteiger charge is -2.02. The molecule has 0 atom stereocenters. The van der Waals surface area contributed by atoms with Crippen LogP contribution in [0, 0.1) is 15.9 Å². The molecule has 0 N–H and O–H groups in total. The first-order chi connectivity index (χ1) is 11.5. The smallest absolute Gasteiger partial charge is 0.331 e. The van der Waals surface area contributed by atoms with E-state index in [9.17, 15) is 24.1 Å². The van der Waals surface area contributed by atoms with E-state index in [0.717, 1.165) is 12.1 Å². The van der Waals surface area contributed by atoms with Crippen molar-refractivity contribution in [1.29, 1.82) is 0 Å².